The molecular weight excluding hydrogens is 290 g/mol. The van der Waals surface area contributed by atoms with Gasteiger partial charge in [-0.3, -0.25) is 4.79 Å². The number of ketones is 1. The van der Waals surface area contributed by atoms with Gasteiger partial charge in [-0.15, -0.1) is 0 Å². The minimum atomic E-state index is -0.343. The van der Waals surface area contributed by atoms with E-state index in [9.17, 15) is 4.79 Å². The van der Waals surface area contributed by atoms with Crippen LogP contribution < -0.4 is 5.73 Å². The summed E-state index contributed by atoms with van der Waals surface area (Å²) in [6.07, 6.45) is 5.10. The van der Waals surface area contributed by atoms with Gasteiger partial charge in [0.2, 0.25) is 0 Å². The molecule has 1 unspecified atom stereocenters. The number of hydrogen-bond donors (Lipinski definition) is 1. The van der Waals surface area contributed by atoms with E-state index in [1.165, 1.54) is 12.8 Å². The Balaban J connectivity index is 2.20. The molecule has 0 heterocycles. The van der Waals surface area contributed by atoms with Crippen LogP contribution >= 0.6 is 23.4 Å². The highest BCUT2D eigenvalue weighted by Gasteiger charge is 2.13. The van der Waals surface area contributed by atoms with Crippen LogP contribution in [0.5, 0.6) is 0 Å². The molecule has 1 atom stereocenters. The zero-order valence-corrected chi connectivity index (χ0v) is 13.7. The summed E-state index contributed by atoms with van der Waals surface area (Å²) >= 11 is 7.76. The molecule has 2 nitrogen and oxygen atoms in total. The van der Waals surface area contributed by atoms with Crippen molar-refractivity contribution in [3.63, 3.8) is 0 Å². The maximum Gasteiger partial charge on any atom is 0.150 e. The van der Waals surface area contributed by atoms with Crippen LogP contribution in [0.2, 0.25) is 5.02 Å². The minimum absolute atomic E-state index is 0.188. The van der Waals surface area contributed by atoms with Crippen LogP contribution in [-0.4, -0.2) is 17.6 Å². The summed E-state index contributed by atoms with van der Waals surface area (Å²) in [6.45, 7) is 2.17. The summed E-state index contributed by atoms with van der Waals surface area (Å²) in [5.41, 5.74) is 7.03. The van der Waals surface area contributed by atoms with Gasteiger partial charge in [-0.1, -0.05) is 56.0 Å². The number of carbonyl (C=O) groups excluding carboxylic acids is 1. The Morgan fingerprint density at radius 2 is 2.05 bits per heavy atom. The van der Waals surface area contributed by atoms with Crippen LogP contribution in [0.15, 0.2) is 24.3 Å². The first-order chi connectivity index (χ1) is 9.65. The van der Waals surface area contributed by atoms with Crippen molar-refractivity contribution in [2.24, 2.45) is 5.73 Å². The van der Waals surface area contributed by atoms with Gasteiger partial charge in [-0.05, 0) is 18.1 Å². The van der Waals surface area contributed by atoms with Gasteiger partial charge in [0.25, 0.3) is 0 Å². The summed E-state index contributed by atoms with van der Waals surface area (Å²) < 4.78 is 0. The van der Waals surface area contributed by atoms with Crippen LogP contribution in [0.4, 0.5) is 0 Å². The lowest BCUT2D eigenvalue weighted by Crippen LogP contribution is -2.32. The number of Topliss-reactive ketones (excluding diaryl/α,β-unsaturated/α-hetero) is 1. The van der Waals surface area contributed by atoms with Crippen LogP contribution in [0.1, 0.15) is 44.6 Å². The molecule has 1 aromatic carbocycles. The summed E-state index contributed by atoms with van der Waals surface area (Å²) in [7, 11) is 0. The second kappa shape index (κ2) is 10.3. The van der Waals surface area contributed by atoms with Crippen LogP contribution in [-0.2, 0) is 10.5 Å². The third kappa shape index (κ3) is 6.78. The topological polar surface area (TPSA) is 43.1 Å². The highest BCUT2D eigenvalue weighted by atomic mass is 35.5. The van der Waals surface area contributed by atoms with E-state index >= 15 is 0 Å². The number of unbranched alkanes of at least 4 members (excludes halogenated alkanes) is 3. The second-order valence-corrected chi connectivity index (χ2v) is 6.43. The lowest BCUT2D eigenvalue weighted by atomic mass is 10.1. The van der Waals surface area contributed by atoms with E-state index in [1.54, 1.807) is 11.8 Å². The Hall–Kier alpha value is -0.510. The largest absolute Gasteiger partial charge is 0.321 e. The van der Waals surface area contributed by atoms with E-state index in [0.717, 1.165) is 29.2 Å². The predicted molar refractivity (Wildman–Crippen MR) is 89.4 cm³/mol. The van der Waals surface area contributed by atoms with Crippen LogP contribution in [0.3, 0.4) is 0 Å². The average Bonchev–Trinajstić information content (AvgIpc) is 2.45. The number of carbonyl (C=O) groups is 1. The van der Waals surface area contributed by atoms with Crippen molar-refractivity contribution < 1.29 is 4.79 Å². The van der Waals surface area contributed by atoms with Gasteiger partial charge in [-0.2, -0.15) is 11.8 Å². The fourth-order valence-corrected chi connectivity index (χ4v) is 3.23. The normalized spacial score (nSPS) is 12.3. The van der Waals surface area contributed by atoms with E-state index in [4.69, 9.17) is 17.3 Å². The average molecular weight is 314 g/mol. The maximum absolute atomic E-state index is 11.9. The first kappa shape index (κ1) is 17.5. The zero-order valence-electron chi connectivity index (χ0n) is 12.1. The Labute approximate surface area is 131 Å². The molecule has 0 aliphatic heterocycles. The molecule has 0 radical (unpaired) electrons. The molecule has 0 bridgehead atoms. The van der Waals surface area contributed by atoms with Gasteiger partial charge in [0.1, 0.15) is 5.78 Å². The van der Waals surface area contributed by atoms with Gasteiger partial charge in [0, 0.05) is 22.9 Å². The molecule has 0 saturated carbocycles. The maximum atomic E-state index is 11.9. The van der Waals surface area contributed by atoms with Crippen molar-refractivity contribution in [1.82, 2.24) is 0 Å². The predicted octanol–water partition coefficient (Wildman–Crippen LogP) is 4.44. The minimum Gasteiger partial charge on any atom is -0.321 e. The highest BCUT2D eigenvalue weighted by molar-refractivity contribution is 7.98. The lowest BCUT2D eigenvalue weighted by Gasteiger charge is -2.10. The van der Waals surface area contributed by atoms with Crippen molar-refractivity contribution in [3.05, 3.63) is 34.9 Å². The number of halogens is 1. The zero-order chi connectivity index (χ0) is 14.8. The van der Waals surface area contributed by atoms with Crippen LogP contribution in [0.25, 0.3) is 0 Å². The van der Waals surface area contributed by atoms with Gasteiger partial charge < -0.3 is 5.73 Å². The molecule has 0 aliphatic rings. The fourth-order valence-electron chi connectivity index (χ4n) is 1.92. The van der Waals surface area contributed by atoms with Crippen molar-refractivity contribution in [2.75, 3.05) is 5.75 Å². The lowest BCUT2D eigenvalue weighted by molar-refractivity contribution is -0.119. The van der Waals surface area contributed by atoms with Crippen molar-refractivity contribution in [3.8, 4) is 0 Å². The summed E-state index contributed by atoms with van der Waals surface area (Å²) in [5, 5.41) is 0.777. The second-order valence-electron chi connectivity index (χ2n) is 4.99. The number of thioether (sulfide) groups is 1. The molecule has 0 saturated heterocycles. The molecule has 4 heteroatoms. The molecule has 1 aromatic rings. The molecule has 2 N–H and O–H groups in total. The first-order valence-corrected chi connectivity index (χ1v) is 8.77. The highest BCUT2D eigenvalue weighted by Crippen LogP contribution is 2.21. The van der Waals surface area contributed by atoms with Gasteiger partial charge in [-0.25, -0.2) is 0 Å². The Morgan fingerprint density at radius 3 is 2.75 bits per heavy atom. The Morgan fingerprint density at radius 1 is 1.30 bits per heavy atom. The number of hydrogen-bond acceptors (Lipinski definition) is 3. The van der Waals surface area contributed by atoms with E-state index in [0.29, 0.717) is 12.2 Å². The number of nitrogens with two attached hydrogens (primary N) is 1. The van der Waals surface area contributed by atoms with E-state index in [2.05, 4.69) is 6.92 Å². The monoisotopic (exact) mass is 313 g/mol. The quantitative estimate of drug-likeness (QED) is 0.649. The molecule has 20 heavy (non-hydrogen) atoms. The van der Waals surface area contributed by atoms with E-state index in [-0.39, 0.29) is 11.8 Å². The molecule has 0 spiro atoms. The fraction of sp³-hybridized carbons (Fsp3) is 0.562. The third-order valence-corrected chi connectivity index (χ3v) is 4.68. The molecule has 1 rings (SSSR count). The van der Waals surface area contributed by atoms with Gasteiger partial charge in [0.05, 0.1) is 6.04 Å². The molecule has 112 valence electrons. The third-order valence-electron chi connectivity index (χ3n) is 3.20. The van der Waals surface area contributed by atoms with Crippen molar-refractivity contribution in [2.45, 2.75) is 50.8 Å². The van der Waals surface area contributed by atoms with E-state index < -0.39 is 0 Å². The van der Waals surface area contributed by atoms with E-state index in [1.807, 2.05) is 24.3 Å². The smallest absolute Gasteiger partial charge is 0.150 e. The molecule has 0 aliphatic carbocycles. The SMILES string of the molecule is CCCCCCC(=O)C(N)CSCc1ccccc1Cl. The molecule has 0 aromatic heterocycles. The summed E-state index contributed by atoms with van der Waals surface area (Å²) in [5.74, 6) is 1.65. The van der Waals surface area contributed by atoms with Gasteiger partial charge >= 0.3 is 0 Å². The van der Waals surface area contributed by atoms with Gasteiger partial charge in [0.15, 0.2) is 0 Å². The summed E-state index contributed by atoms with van der Waals surface area (Å²) in [6, 6.07) is 7.44. The summed E-state index contributed by atoms with van der Waals surface area (Å²) in [4.78, 5) is 11.9. The Kier molecular flexibility index (Phi) is 8.99. The first-order valence-electron chi connectivity index (χ1n) is 7.24. The molecule has 0 fully saturated rings. The van der Waals surface area contributed by atoms with Crippen LogP contribution in [0, 0.1) is 0 Å². The number of rotatable bonds is 10. The standard InChI is InChI=1S/C16H24ClNOS/c1-2-3-4-5-10-16(19)15(18)12-20-11-13-8-6-7-9-14(13)17/h6-9,15H,2-5,10-12,18H2,1H3. The molecular formula is C16H24ClNOS. The van der Waals surface area contributed by atoms with Crippen molar-refractivity contribution in [1.29, 1.82) is 0 Å². The van der Waals surface area contributed by atoms with Crippen molar-refractivity contribution >= 4 is 29.1 Å². The molecule has 0 amide bonds. The number of benzene rings is 1. The Bertz CT molecular complexity index is 411.